The lowest BCUT2D eigenvalue weighted by Gasteiger charge is -2.22. The van der Waals surface area contributed by atoms with Gasteiger partial charge in [-0.15, -0.1) is 24.0 Å². The first-order chi connectivity index (χ1) is 13.5. The van der Waals surface area contributed by atoms with Crippen LogP contribution in [-0.2, 0) is 17.8 Å². The fourth-order valence-corrected chi connectivity index (χ4v) is 2.65. The maximum absolute atomic E-state index is 11.2. The lowest BCUT2D eigenvalue weighted by Crippen LogP contribution is -2.38. The predicted octanol–water partition coefficient (Wildman–Crippen LogP) is 4.09. The second-order valence-electron chi connectivity index (χ2n) is 6.15. The lowest BCUT2D eigenvalue weighted by molar-refractivity contribution is 0.187. The summed E-state index contributed by atoms with van der Waals surface area (Å²) in [6.07, 6.45) is -0.484. The topological polar surface area (TPSA) is 75.2 Å². The summed E-state index contributed by atoms with van der Waals surface area (Å²) in [5.41, 5.74) is 2.94. The number of ether oxygens (including phenoxy) is 2. The van der Waals surface area contributed by atoms with E-state index in [1.807, 2.05) is 50.4 Å². The van der Waals surface area contributed by atoms with E-state index in [4.69, 9.17) is 4.74 Å². The summed E-state index contributed by atoms with van der Waals surface area (Å²) < 4.78 is 10.1. The molecule has 0 aromatic heterocycles. The van der Waals surface area contributed by atoms with E-state index in [9.17, 15) is 4.79 Å². The molecule has 1 amide bonds. The molecule has 0 aliphatic carbocycles. The van der Waals surface area contributed by atoms with Gasteiger partial charge in [0.2, 0.25) is 0 Å². The number of hydrogen-bond donors (Lipinski definition) is 2. The van der Waals surface area contributed by atoms with Gasteiger partial charge in [-0.2, -0.15) is 0 Å². The van der Waals surface area contributed by atoms with Gasteiger partial charge in [0.25, 0.3) is 0 Å². The number of carbonyl (C=O) groups is 1. The minimum atomic E-state index is -0.484. The molecule has 0 aliphatic heterocycles. The van der Waals surface area contributed by atoms with Crippen LogP contribution in [0.2, 0.25) is 0 Å². The van der Waals surface area contributed by atoms with Crippen molar-refractivity contribution in [3.05, 3.63) is 59.7 Å². The molecule has 2 aromatic carbocycles. The predicted molar refractivity (Wildman–Crippen MR) is 127 cm³/mol. The highest BCUT2D eigenvalue weighted by Gasteiger charge is 2.07. The molecule has 158 valence electrons. The van der Waals surface area contributed by atoms with Gasteiger partial charge in [-0.3, -0.25) is 10.3 Å². The molecule has 0 bridgehead atoms. The normalized spacial score (nSPS) is 10.6. The number of amides is 1. The first-order valence-electron chi connectivity index (χ1n) is 9.13. The molecule has 2 N–H and O–H groups in total. The number of rotatable bonds is 7. The van der Waals surface area contributed by atoms with Crippen LogP contribution in [0.15, 0.2) is 53.5 Å². The van der Waals surface area contributed by atoms with Gasteiger partial charge in [-0.25, -0.2) is 4.79 Å². The minimum Gasteiger partial charge on any atom is -0.494 e. The third-order valence-corrected chi connectivity index (χ3v) is 4.06. The molecular formula is C21H29IN4O3. The van der Waals surface area contributed by atoms with Gasteiger partial charge >= 0.3 is 6.09 Å². The molecule has 0 saturated heterocycles. The number of halogens is 1. The SMILES string of the molecule is CCOc1ccc(CN(C)C(=NC)NCc2ccc(NC(=O)OC)cc2)cc1.I. The molecule has 0 atom stereocenters. The van der Waals surface area contributed by atoms with E-state index >= 15 is 0 Å². The van der Waals surface area contributed by atoms with E-state index in [0.29, 0.717) is 18.8 Å². The highest BCUT2D eigenvalue weighted by Crippen LogP contribution is 2.14. The number of anilines is 1. The van der Waals surface area contributed by atoms with Gasteiger partial charge < -0.3 is 19.7 Å². The highest BCUT2D eigenvalue weighted by molar-refractivity contribution is 14.0. The molecule has 0 radical (unpaired) electrons. The quantitative estimate of drug-likeness (QED) is 0.332. The van der Waals surface area contributed by atoms with Crippen LogP contribution in [0.4, 0.5) is 10.5 Å². The largest absolute Gasteiger partial charge is 0.494 e. The van der Waals surface area contributed by atoms with E-state index in [1.54, 1.807) is 7.05 Å². The summed E-state index contributed by atoms with van der Waals surface area (Å²) in [5.74, 6) is 1.67. The molecule has 0 unspecified atom stereocenters. The van der Waals surface area contributed by atoms with E-state index < -0.39 is 6.09 Å². The molecule has 0 spiro atoms. The number of benzene rings is 2. The van der Waals surface area contributed by atoms with Gasteiger partial charge in [0.15, 0.2) is 5.96 Å². The fraction of sp³-hybridized carbons (Fsp3) is 0.333. The van der Waals surface area contributed by atoms with E-state index in [0.717, 1.165) is 23.8 Å². The Morgan fingerprint density at radius 1 is 1.07 bits per heavy atom. The lowest BCUT2D eigenvalue weighted by atomic mass is 10.2. The van der Waals surface area contributed by atoms with Crippen molar-refractivity contribution < 1.29 is 14.3 Å². The summed E-state index contributed by atoms with van der Waals surface area (Å²) in [6.45, 7) is 3.99. The number of aliphatic imine (C=N–C) groups is 1. The molecule has 0 heterocycles. The van der Waals surface area contributed by atoms with Crippen molar-refractivity contribution in [3.63, 3.8) is 0 Å². The Kier molecular flexibility index (Phi) is 10.9. The Hall–Kier alpha value is -2.49. The number of nitrogens with one attached hydrogen (secondary N) is 2. The zero-order valence-corrected chi connectivity index (χ0v) is 19.6. The standard InChI is InChI=1S/C21H28N4O3.HI/c1-5-28-19-12-8-17(9-13-19)15-25(3)20(22-2)23-14-16-6-10-18(11-7-16)24-21(26)27-4;/h6-13H,5,14-15H2,1-4H3,(H,22,23)(H,24,26);1H. The Bertz CT molecular complexity index is 780. The average Bonchev–Trinajstić information content (AvgIpc) is 2.71. The monoisotopic (exact) mass is 512 g/mol. The molecule has 0 fully saturated rings. The van der Waals surface area contributed by atoms with Crippen molar-refractivity contribution in [2.75, 3.05) is 33.1 Å². The van der Waals surface area contributed by atoms with Crippen LogP contribution in [-0.4, -0.2) is 44.8 Å². The minimum absolute atomic E-state index is 0. The van der Waals surface area contributed by atoms with Crippen LogP contribution < -0.4 is 15.4 Å². The van der Waals surface area contributed by atoms with Gasteiger partial charge in [0.1, 0.15) is 5.75 Å². The first-order valence-corrected chi connectivity index (χ1v) is 9.13. The Balaban J connectivity index is 0.00000420. The van der Waals surface area contributed by atoms with Crippen molar-refractivity contribution in [2.45, 2.75) is 20.0 Å². The summed E-state index contributed by atoms with van der Waals surface area (Å²) >= 11 is 0. The van der Waals surface area contributed by atoms with Crippen LogP contribution in [0.25, 0.3) is 0 Å². The van der Waals surface area contributed by atoms with Crippen molar-refractivity contribution in [3.8, 4) is 5.75 Å². The van der Waals surface area contributed by atoms with Crippen molar-refractivity contribution >= 4 is 41.7 Å². The maximum Gasteiger partial charge on any atom is 0.411 e. The van der Waals surface area contributed by atoms with Gasteiger partial charge in [-0.1, -0.05) is 24.3 Å². The molecule has 29 heavy (non-hydrogen) atoms. The first kappa shape index (κ1) is 24.5. The van der Waals surface area contributed by atoms with Crippen LogP contribution in [0, 0.1) is 0 Å². The smallest absolute Gasteiger partial charge is 0.411 e. The Morgan fingerprint density at radius 2 is 1.69 bits per heavy atom. The van der Waals surface area contributed by atoms with Gasteiger partial charge in [-0.05, 0) is 42.3 Å². The summed E-state index contributed by atoms with van der Waals surface area (Å²) in [6, 6.07) is 15.6. The summed E-state index contributed by atoms with van der Waals surface area (Å²) in [5, 5.41) is 5.98. The third-order valence-electron chi connectivity index (χ3n) is 4.06. The third kappa shape index (κ3) is 8.18. The van der Waals surface area contributed by atoms with Crippen molar-refractivity contribution in [1.29, 1.82) is 0 Å². The molecule has 7 nitrogen and oxygen atoms in total. The second kappa shape index (κ2) is 12.9. The van der Waals surface area contributed by atoms with Crippen LogP contribution >= 0.6 is 24.0 Å². The van der Waals surface area contributed by atoms with Crippen molar-refractivity contribution in [2.24, 2.45) is 4.99 Å². The molecule has 2 aromatic rings. The molecule has 8 heteroatoms. The van der Waals surface area contributed by atoms with E-state index in [2.05, 4.69) is 37.4 Å². The molecule has 2 rings (SSSR count). The Morgan fingerprint density at radius 3 is 2.24 bits per heavy atom. The second-order valence-corrected chi connectivity index (χ2v) is 6.15. The van der Waals surface area contributed by atoms with Crippen LogP contribution in [0.3, 0.4) is 0 Å². The van der Waals surface area contributed by atoms with Crippen LogP contribution in [0.5, 0.6) is 5.75 Å². The van der Waals surface area contributed by atoms with Gasteiger partial charge in [0.05, 0.1) is 13.7 Å². The Labute approximate surface area is 189 Å². The highest BCUT2D eigenvalue weighted by atomic mass is 127. The fourth-order valence-electron chi connectivity index (χ4n) is 2.65. The molecular weight excluding hydrogens is 483 g/mol. The number of nitrogens with zero attached hydrogens (tertiary/aromatic N) is 2. The van der Waals surface area contributed by atoms with Crippen LogP contribution in [0.1, 0.15) is 18.1 Å². The van der Waals surface area contributed by atoms with Gasteiger partial charge in [0, 0.05) is 32.9 Å². The van der Waals surface area contributed by atoms with E-state index in [-0.39, 0.29) is 24.0 Å². The maximum atomic E-state index is 11.2. The zero-order chi connectivity index (χ0) is 20.4. The zero-order valence-electron chi connectivity index (χ0n) is 17.3. The number of carbonyl (C=O) groups excluding carboxylic acids is 1. The number of guanidine groups is 1. The van der Waals surface area contributed by atoms with Crippen molar-refractivity contribution in [1.82, 2.24) is 10.2 Å². The summed E-state index contributed by atoms with van der Waals surface area (Å²) in [7, 11) is 5.10. The number of hydrogen-bond acceptors (Lipinski definition) is 4. The summed E-state index contributed by atoms with van der Waals surface area (Å²) in [4.78, 5) is 17.6. The van der Waals surface area contributed by atoms with E-state index in [1.165, 1.54) is 12.7 Å². The average molecular weight is 512 g/mol. The molecule has 0 aliphatic rings. The molecule has 0 saturated carbocycles. The number of methoxy groups -OCH3 is 1.